The predicted octanol–water partition coefficient (Wildman–Crippen LogP) is -6.36. The standard InChI is InChI=1S/C21H37NO15/c1-6-18(16(31)13(28)8(3-23)33-6)36-20-11(22-7(2)26)14(29)19(10(5-25)35-20)37-21-17(32)15(30)12(27)9(4-24)34-21/h6,8-21,23-25,27-32H,3-5H2,1-2H3,(H,22,26)/t6-,8?,9?,10+,11?,12-,13-,14?,15-,16-,17?,18?,19+,20+,21-/m0/s1. The van der Waals surface area contributed by atoms with E-state index < -0.39 is 118 Å². The second-order valence-electron chi connectivity index (χ2n) is 9.38. The van der Waals surface area contributed by atoms with Crippen molar-refractivity contribution in [3.63, 3.8) is 0 Å². The quantitative estimate of drug-likeness (QED) is 0.137. The Hall–Kier alpha value is -1.09. The largest absolute Gasteiger partial charge is 0.394 e. The molecule has 16 heteroatoms. The van der Waals surface area contributed by atoms with Crippen LogP contribution in [0.5, 0.6) is 0 Å². The molecule has 6 unspecified atom stereocenters. The van der Waals surface area contributed by atoms with E-state index in [1.54, 1.807) is 0 Å². The highest BCUT2D eigenvalue weighted by Crippen LogP contribution is 2.32. The third kappa shape index (κ3) is 6.39. The third-order valence-corrected chi connectivity index (χ3v) is 6.75. The van der Waals surface area contributed by atoms with Crippen LogP contribution in [-0.2, 0) is 28.5 Å². The number of rotatable bonds is 8. The van der Waals surface area contributed by atoms with Gasteiger partial charge in [0.05, 0.1) is 25.9 Å². The fraction of sp³-hybridized carbons (Fsp3) is 0.952. The molecule has 0 bridgehead atoms. The van der Waals surface area contributed by atoms with Crippen molar-refractivity contribution in [3.8, 4) is 0 Å². The highest BCUT2D eigenvalue weighted by Gasteiger charge is 2.53. The number of amides is 1. The van der Waals surface area contributed by atoms with Crippen molar-refractivity contribution in [3.05, 3.63) is 0 Å². The lowest BCUT2D eigenvalue weighted by Crippen LogP contribution is -2.69. The summed E-state index contributed by atoms with van der Waals surface area (Å²) in [4.78, 5) is 11.9. The lowest BCUT2D eigenvalue weighted by atomic mass is 9.93. The zero-order chi connectivity index (χ0) is 27.6. The molecule has 3 saturated heterocycles. The molecule has 0 aromatic rings. The Morgan fingerprint density at radius 1 is 0.676 bits per heavy atom. The van der Waals surface area contributed by atoms with Gasteiger partial charge in [0.1, 0.15) is 73.2 Å². The summed E-state index contributed by atoms with van der Waals surface area (Å²) in [5.74, 6) is -0.621. The fourth-order valence-electron chi connectivity index (χ4n) is 4.70. The Kier molecular flexibility index (Phi) is 10.6. The van der Waals surface area contributed by atoms with Crippen molar-refractivity contribution >= 4 is 5.91 Å². The second-order valence-corrected chi connectivity index (χ2v) is 9.38. The number of ether oxygens (including phenoxy) is 5. The van der Waals surface area contributed by atoms with E-state index in [9.17, 15) is 50.8 Å². The minimum Gasteiger partial charge on any atom is -0.394 e. The monoisotopic (exact) mass is 543 g/mol. The Morgan fingerprint density at radius 2 is 1.19 bits per heavy atom. The Bertz CT molecular complexity index is 745. The molecule has 37 heavy (non-hydrogen) atoms. The molecule has 0 saturated carbocycles. The maximum absolute atomic E-state index is 11.9. The average molecular weight is 544 g/mol. The van der Waals surface area contributed by atoms with Crippen molar-refractivity contribution in [1.29, 1.82) is 0 Å². The highest BCUT2D eigenvalue weighted by atomic mass is 16.7. The van der Waals surface area contributed by atoms with Crippen LogP contribution in [0, 0.1) is 0 Å². The molecule has 216 valence electrons. The summed E-state index contributed by atoms with van der Waals surface area (Å²) >= 11 is 0. The normalized spacial score (nSPS) is 49.0. The second kappa shape index (κ2) is 12.8. The molecule has 3 rings (SSSR count). The van der Waals surface area contributed by atoms with Crippen LogP contribution in [0.3, 0.4) is 0 Å². The summed E-state index contributed by atoms with van der Waals surface area (Å²) in [5, 5.41) is 93.3. The van der Waals surface area contributed by atoms with Crippen LogP contribution in [0.2, 0.25) is 0 Å². The van der Waals surface area contributed by atoms with E-state index in [-0.39, 0.29) is 0 Å². The lowest BCUT2D eigenvalue weighted by Gasteiger charge is -2.49. The van der Waals surface area contributed by atoms with Crippen LogP contribution in [0.15, 0.2) is 0 Å². The molecular weight excluding hydrogens is 506 g/mol. The molecule has 3 fully saturated rings. The molecule has 3 aliphatic rings. The van der Waals surface area contributed by atoms with Crippen molar-refractivity contribution in [2.75, 3.05) is 19.8 Å². The van der Waals surface area contributed by atoms with Crippen LogP contribution >= 0.6 is 0 Å². The summed E-state index contributed by atoms with van der Waals surface area (Å²) in [5.41, 5.74) is 0. The van der Waals surface area contributed by atoms with Gasteiger partial charge in [0, 0.05) is 6.92 Å². The van der Waals surface area contributed by atoms with Crippen molar-refractivity contribution in [2.24, 2.45) is 0 Å². The SMILES string of the molecule is CC(=O)NC1C(O)[C@H](O[C@@H]2OC(CO)[C@H](O)[C@H](O)C2O)[C@@H](CO)O[C@@H]1OC1[C@H](C)OC(CO)[C@H](O)[C@@H]1O. The third-order valence-electron chi connectivity index (χ3n) is 6.75. The van der Waals surface area contributed by atoms with E-state index >= 15 is 0 Å². The van der Waals surface area contributed by atoms with Crippen molar-refractivity contribution in [2.45, 2.75) is 106 Å². The minimum atomic E-state index is -1.81. The number of aliphatic hydroxyl groups excluding tert-OH is 9. The number of nitrogens with one attached hydrogen (secondary N) is 1. The zero-order valence-electron chi connectivity index (χ0n) is 20.3. The van der Waals surface area contributed by atoms with E-state index in [2.05, 4.69) is 5.32 Å². The first-order valence-corrected chi connectivity index (χ1v) is 11.9. The Balaban J connectivity index is 1.81. The molecule has 1 amide bonds. The first-order valence-electron chi connectivity index (χ1n) is 11.9. The van der Waals surface area contributed by atoms with Gasteiger partial charge in [0.15, 0.2) is 12.6 Å². The summed E-state index contributed by atoms with van der Waals surface area (Å²) < 4.78 is 27.9. The van der Waals surface area contributed by atoms with Gasteiger partial charge in [-0.25, -0.2) is 0 Å². The van der Waals surface area contributed by atoms with Crippen LogP contribution in [0.25, 0.3) is 0 Å². The van der Waals surface area contributed by atoms with Gasteiger partial charge in [0.25, 0.3) is 0 Å². The maximum Gasteiger partial charge on any atom is 0.217 e. The van der Waals surface area contributed by atoms with Crippen LogP contribution in [0.4, 0.5) is 0 Å². The summed E-state index contributed by atoms with van der Waals surface area (Å²) in [6.45, 7) is 0.595. The molecule has 0 aliphatic carbocycles. The van der Waals surface area contributed by atoms with Gasteiger partial charge in [-0.2, -0.15) is 0 Å². The first kappa shape index (κ1) is 30.5. The molecule has 3 heterocycles. The molecule has 16 nitrogen and oxygen atoms in total. The van der Waals surface area contributed by atoms with Gasteiger partial charge in [-0.15, -0.1) is 0 Å². The van der Waals surface area contributed by atoms with Gasteiger partial charge in [-0.05, 0) is 6.92 Å². The maximum atomic E-state index is 11.9. The van der Waals surface area contributed by atoms with Crippen LogP contribution in [-0.4, -0.2) is 164 Å². The zero-order valence-corrected chi connectivity index (χ0v) is 20.3. The van der Waals surface area contributed by atoms with E-state index in [0.717, 1.165) is 6.92 Å². The molecule has 0 radical (unpaired) electrons. The number of carbonyl (C=O) groups is 1. The number of aliphatic hydroxyl groups is 9. The summed E-state index contributed by atoms with van der Waals surface area (Å²) in [6.07, 6.45) is -20.5. The molecule has 15 atom stereocenters. The number of hydrogen-bond donors (Lipinski definition) is 10. The average Bonchev–Trinajstić information content (AvgIpc) is 2.86. The van der Waals surface area contributed by atoms with E-state index in [0.29, 0.717) is 0 Å². The molecule has 10 N–H and O–H groups in total. The fourth-order valence-corrected chi connectivity index (χ4v) is 4.70. The van der Waals surface area contributed by atoms with Crippen molar-refractivity contribution in [1.82, 2.24) is 5.32 Å². The van der Waals surface area contributed by atoms with Crippen LogP contribution in [0.1, 0.15) is 13.8 Å². The smallest absolute Gasteiger partial charge is 0.217 e. The minimum absolute atomic E-state index is 0.563. The topological polar surface area (TPSA) is 257 Å². The Labute approximate surface area is 211 Å². The van der Waals surface area contributed by atoms with Crippen molar-refractivity contribution < 1.29 is 74.4 Å². The predicted molar refractivity (Wildman–Crippen MR) is 116 cm³/mol. The van der Waals surface area contributed by atoms with Crippen LogP contribution < -0.4 is 5.32 Å². The lowest BCUT2D eigenvalue weighted by molar-refractivity contribution is -0.359. The van der Waals surface area contributed by atoms with Gasteiger partial charge in [-0.3, -0.25) is 4.79 Å². The van der Waals surface area contributed by atoms with Gasteiger partial charge >= 0.3 is 0 Å². The van der Waals surface area contributed by atoms with Gasteiger partial charge in [0.2, 0.25) is 5.91 Å². The molecule has 0 spiro atoms. The van der Waals surface area contributed by atoms with E-state index in [1.807, 2.05) is 0 Å². The number of hydrogen-bond acceptors (Lipinski definition) is 15. The van der Waals surface area contributed by atoms with Gasteiger partial charge < -0.3 is 75.0 Å². The van der Waals surface area contributed by atoms with E-state index in [1.165, 1.54) is 6.92 Å². The summed E-state index contributed by atoms with van der Waals surface area (Å²) in [6, 6.07) is -1.37. The van der Waals surface area contributed by atoms with Gasteiger partial charge in [-0.1, -0.05) is 0 Å². The number of carbonyl (C=O) groups excluding carboxylic acids is 1. The molecule has 0 aromatic carbocycles. The first-order chi connectivity index (χ1) is 17.4. The molecule has 3 aliphatic heterocycles. The highest BCUT2D eigenvalue weighted by molar-refractivity contribution is 5.73. The Morgan fingerprint density at radius 3 is 1.76 bits per heavy atom. The van der Waals surface area contributed by atoms with E-state index in [4.69, 9.17) is 23.7 Å². The molecular formula is C21H37NO15. The summed E-state index contributed by atoms with van der Waals surface area (Å²) in [7, 11) is 0. The molecule has 0 aromatic heterocycles.